The zero-order valence-corrected chi connectivity index (χ0v) is 22.1. The summed E-state index contributed by atoms with van der Waals surface area (Å²) in [4.78, 5) is 0. The fraction of sp³-hybridized carbons (Fsp3) is 0.619. The summed E-state index contributed by atoms with van der Waals surface area (Å²) in [7, 11) is -5.46. The van der Waals surface area contributed by atoms with Gasteiger partial charge in [0.25, 0.3) is 0 Å². The van der Waals surface area contributed by atoms with E-state index in [2.05, 4.69) is 102 Å². The van der Waals surface area contributed by atoms with Gasteiger partial charge in [-0.2, -0.15) is 0 Å². The number of fused-ring (bicyclic) bond motifs is 3. The van der Waals surface area contributed by atoms with Gasteiger partial charge in [-0.25, -0.2) is 0 Å². The molecule has 4 heteroatoms. The molecule has 1 aliphatic carbocycles. The molecule has 1 aromatic rings. The molecular weight excluding hydrogens is 365 g/mol. The number of rotatable bonds is 4. The van der Waals surface area contributed by atoms with Gasteiger partial charge in [-0.3, -0.25) is 0 Å². The first-order chi connectivity index (χ1) is 11.2. The van der Waals surface area contributed by atoms with Crippen molar-refractivity contribution in [3.05, 3.63) is 41.5 Å². The van der Waals surface area contributed by atoms with Crippen molar-refractivity contribution in [2.75, 3.05) is 0 Å². The lowest BCUT2D eigenvalue weighted by atomic mass is 9.98. The highest BCUT2D eigenvalue weighted by molar-refractivity contribution is 7.32. The maximum absolute atomic E-state index is 2.84. The Hall–Kier alpha value is -0.172. The lowest BCUT2D eigenvalue weighted by Crippen LogP contribution is -2.73. The van der Waals surface area contributed by atoms with Crippen LogP contribution in [-0.2, 0) is 0 Å². The molecule has 1 aromatic carbocycles. The van der Waals surface area contributed by atoms with Crippen molar-refractivity contribution in [3.8, 4) is 0 Å². The predicted molar refractivity (Wildman–Crippen MR) is 126 cm³/mol. The Labute approximate surface area is 160 Å². The largest absolute Gasteiger partial charge is 0.0831 e. The van der Waals surface area contributed by atoms with Crippen LogP contribution < -0.4 is 0 Å². The van der Waals surface area contributed by atoms with Crippen LogP contribution in [-0.4, -0.2) is 32.3 Å². The second kappa shape index (κ2) is 5.43. The van der Waals surface area contributed by atoms with Crippen molar-refractivity contribution in [1.82, 2.24) is 0 Å². The molecule has 3 rings (SSSR count). The molecule has 0 radical (unpaired) electrons. The zero-order valence-electron chi connectivity index (χ0n) is 18.1. The van der Waals surface area contributed by atoms with Crippen LogP contribution in [0, 0.1) is 0 Å². The second-order valence-electron chi connectivity index (χ2n) is 11.8. The third-order valence-electron chi connectivity index (χ3n) is 7.59. The summed E-state index contributed by atoms with van der Waals surface area (Å²) in [5.74, 6) is 0. The van der Waals surface area contributed by atoms with Gasteiger partial charge in [0.1, 0.15) is 0 Å². The summed E-state index contributed by atoms with van der Waals surface area (Å²) in [6, 6.07) is 9.29. The van der Waals surface area contributed by atoms with Crippen LogP contribution in [0.2, 0.25) is 74.9 Å². The minimum atomic E-state index is -1.44. The van der Waals surface area contributed by atoms with Gasteiger partial charge in [0.2, 0.25) is 0 Å². The molecule has 1 heterocycles. The predicted octanol–water partition coefficient (Wildman–Crippen LogP) is 7.17. The van der Waals surface area contributed by atoms with Crippen LogP contribution in [0.4, 0.5) is 0 Å². The molecule has 0 saturated carbocycles. The number of benzene rings is 1. The Morgan fingerprint density at radius 3 is 1.76 bits per heavy atom. The van der Waals surface area contributed by atoms with Crippen molar-refractivity contribution in [2.24, 2.45) is 0 Å². The maximum atomic E-state index is 2.84. The summed E-state index contributed by atoms with van der Waals surface area (Å²) >= 11 is 0. The molecule has 25 heavy (non-hydrogen) atoms. The Kier molecular flexibility index (Phi) is 4.25. The molecule has 1 fully saturated rings. The van der Waals surface area contributed by atoms with Gasteiger partial charge in [-0.1, -0.05) is 102 Å². The molecule has 0 spiro atoms. The van der Waals surface area contributed by atoms with Crippen LogP contribution in [0.3, 0.4) is 0 Å². The van der Waals surface area contributed by atoms with Crippen molar-refractivity contribution in [1.29, 1.82) is 0 Å². The fourth-order valence-electron chi connectivity index (χ4n) is 8.81. The standard InChI is InChI=1S/C21H38Si4/c1-22(2,3)21(23(4,5)6,24(7,8)9)25(10)19-16-15-17-13-11-12-14-18(17)20(19)25/h11-16,19-20H,1-10H3. The highest BCUT2D eigenvalue weighted by Crippen LogP contribution is 2.78. The lowest BCUT2D eigenvalue weighted by molar-refractivity contribution is 1.08. The number of allylic oxidation sites excluding steroid dienone is 1. The van der Waals surface area contributed by atoms with Gasteiger partial charge >= 0.3 is 0 Å². The summed E-state index contributed by atoms with van der Waals surface area (Å²) in [6.45, 7) is 27.4. The highest BCUT2D eigenvalue weighted by Gasteiger charge is 2.80. The van der Waals surface area contributed by atoms with Crippen LogP contribution in [0.5, 0.6) is 0 Å². The van der Waals surface area contributed by atoms with Gasteiger partial charge in [-0.15, -0.1) is 0 Å². The Morgan fingerprint density at radius 2 is 1.28 bits per heavy atom. The Morgan fingerprint density at radius 1 is 0.800 bits per heavy atom. The van der Waals surface area contributed by atoms with E-state index in [-0.39, 0.29) is 0 Å². The van der Waals surface area contributed by atoms with Crippen molar-refractivity contribution < 1.29 is 0 Å². The monoisotopic (exact) mass is 402 g/mol. The highest BCUT2D eigenvalue weighted by atomic mass is 28.5. The molecule has 0 N–H and O–H groups in total. The molecule has 1 aliphatic heterocycles. The molecule has 0 bridgehead atoms. The topological polar surface area (TPSA) is 0 Å². The van der Waals surface area contributed by atoms with Gasteiger partial charge in [-0.05, 0) is 26.1 Å². The molecule has 3 atom stereocenters. The van der Waals surface area contributed by atoms with Gasteiger partial charge in [0.15, 0.2) is 0 Å². The number of hydrogen-bond donors (Lipinski definition) is 0. The van der Waals surface area contributed by atoms with E-state index < -0.39 is 32.3 Å². The Balaban J connectivity index is 2.29. The average Bonchev–Trinajstić information content (AvgIpc) is 3.00. The van der Waals surface area contributed by atoms with Crippen molar-refractivity contribution in [2.45, 2.75) is 80.5 Å². The van der Waals surface area contributed by atoms with E-state index >= 15 is 0 Å². The summed E-state index contributed by atoms with van der Waals surface area (Å²) < 4.78 is 0.747. The van der Waals surface area contributed by atoms with Crippen LogP contribution in [0.15, 0.2) is 30.3 Å². The average molecular weight is 403 g/mol. The summed E-state index contributed by atoms with van der Waals surface area (Å²) in [6.07, 6.45) is 5.10. The molecule has 0 amide bonds. The number of hydrogen-bond acceptors (Lipinski definition) is 0. The fourth-order valence-corrected chi connectivity index (χ4v) is 62.6. The van der Waals surface area contributed by atoms with Gasteiger partial charge in [0, 0.05) is 24.2 Å². The van der Waals surface area contributed by atoms with E-state index in [1.807, 2.05) is 0 Å². The van der Waals surface area contributed by atoms with E-state index in [1.54, 1.807) is 5.56 Å². The lowest BCUT2D eigenvalue weighted by Gasteiger charge is -2.63. The van der Waals surface area contributed by atoms with Crippen molar-refractivity contribution in [3.63, 3.8) is 0 Å². The third kappa shape index (κ3) is 2.33. The van der Waals surface area contributed by atoms with Crippen LogP contribution in [0.1, 0.15) is 16.7 Å². The quantitative estimate of drug-likeness (QED) is 0.468. The normalized spacial score (nSPS) is 29.2. The minimum Gasteiger partial charge on any atom is -0.0831 e. The Bertz CT molecular complexity index is 679. The molecular formula is C21H38Si4. The minimum absolute atomic E-state index is 0.747. The molecule has 3 unspecified atom stereocenters. The second-order valence-corrected chi connectivity index (χ2v) is 35.1. The molecule has 1 saturated heterocycles. The van der Waals surface area contributed by atoms with E-state index in [4.69, 9.17) is 0 Å². The molecule has 138 valence electrons. The molecule has 0 nitrogen and oxygen atoms in total. The first-order valence-corrected chi connectivity index (χ1v) is 23.1. The molecule has 0 aromatic heterocycles. The van der Waals surface area contributed by atoms with E-state index in [9.17, 15) is 0 Å². The molecule has 2 aliphatic rings. The zero-order chi connectivity index (χ0) is 19.1. The van der Waals surface area contributed by atoms with E-state index in [0.29, 0.717) is 0 Å². The van der Waals surface area contributed by atoms with E-state index in [1.165, 1.54) is 5.56 Å². The first kappa shape index (κ1) is 19.6. The summed E-state index contributed by atoms with van der Waals surface area (Å²) in [5.41, 5.74) is 4.99. The maximum Gasteiger partial charge on any atom is 0.0642 e. The van der Waals surface area contributed by atoms with Crippen molar-refractivity contribution >= 4 is 38.4 Å². The summed E-state index contributed by atoms with van der Waals surface area (Å²) in [5, 5.41) is 0. The van der Waals surface area contributed by atoms with Crippen LogP contribution >= 0.6 is 0 Å². The van der Waals surface area contributed by atoms with E-state index in [0.717, 1.165) is 15.0 Å². The van der Waals surface area contributed by atoms with Gasteiger partial charge in [0.05, 0.1) is 8.07 Å². The SMILES string of the molecule is C[Si](C)(C)C([Si](C)(C)C)([Si](C)(C)C)[Si]1(C)C2C=Cc3ccccc3C21. The van der Waals surface area contributed by atoms with Crippen LogP contribution in [0.25, 0.3) is 6.08 Å². The van der Waals surface area contributed by atoms with Gasteiger partial charge < -0.3 is 0 Å². The smallest absolute Gasteiger partial charge is 0.0642 e. The first-order valence-electron chi connectivity index (χ1n) is 9.98. The third-order valence-corrected chi connectivity index (χ3v) is 44.5.